The molecule has 2 aliphatic heterocycles. The van der Waals surface area contributed by atoms with E-state index >= 15 is 0 Å². The lowest BCUT2D eigenvalue weighted by molar-refractivity contribution is -0.139. The minimum absolute atomic E-state index is 0.0166. The van der Waals surface area contributed by atoms with Gasteiger partial charge in [-0.2, -0.15) is 0 Å². The van der Waals surface area contributed by atoms with Crippen LogP contribution in [-0.2, 0) is 15.1 Å². The van der Waals surface area contributed by atoms with E-state index in [-0.39, 0.29) is 23.3 Å². The molecule has 3 heteroatoms. The van der Waals surface area contributed by atoms with Gasteiger partial charge in [0.25, 0.3) is 0 Å². The van der Waals surface area contributed by atoms with E-state index in [9.17, 15) is 4.79 Å². The van der Waals surface area contributed by atoms with Gasteiger partial charge in [-0.25, -0.2) is 0 Å². The Hall–Kier alpha value is -2.65. The molecule has 148 valence electrons. The van der Waals surface area contributed by atoms with E-state index in [0.717, 1.165) is 25.9 Å². The van der Waals surface area contributed by atoms with Gasteiger partial charge in [0.2, 0.25) is 5.91 Å². The van der Waals surface area contributed by atoms with Crippen LogP contribution >= 0.6 is 0 Å². The molecule has 1 aliphatic carbocycles. The zero-order valence-electron chi connectivity index (χ0n) is 16.6. The van der Waals surface area contributed by atoms with Gasteiger partial charge in [-0.15, -0.1) is 0 Å². The molecule has 3 aliphatic rings. The Kier molecular flexibility index (Phi) is 4.84. The summed E-state index contributed by atoms with van der Waals surface area (Å²) >= 11 is 0. The van der Waals surface area contributed by atoms with Crippen molar-refractivity contribution in [2.24, 2.45) is 11.8 Å². The molecule has 2 aromatic carbocycles. The Balaban J connectivity index is 1.54. The number of amides is 1. The Morgan fingerprint density at radius 2 is 1.76 bits per heavy atom. The van der Waals surface area contributed by atoms with E-state index < -0.39 is 0 Å². The van der Waals surface area contributed by atoms with E-state index in [1.54, 1.807) is 0 Å². The van der Waals surface area contributed by atoms with Gasteiger partial charge in [0.15, 0.2) is 0 Å². The predicted octanol–water partition coefficient (Wildman–Crippen LogP) is 5.02. The molecule has 0 radical (unpaired) electrons. The van der Waals surface area contributed by atoms with Crippen LogP contribution in [0.4, 0.5) is 0 Å². The van der Waals surface area contributed by atoms with E-state index in [1.165, 1.54) is 11.1 Å². The number of rotatable bonds is 3. The van der Waals surface area contributed by atoms with Gasteiger partial charge in [-0.1, -0.05) is 72.8 Å². The molecule has 2 fully saturated rings. The largest absolute Gasteiger partial charge is 0.370 e. The van der Waals surface area contributed by atoms with Gasteiger partial charge >= 0.3 is 0 Å². The van der Waals surface area contributed by atoms with Crippen molar-refractivity contribution < 1.29 is 9.53 Å². The molecule has 2 aromatic rings. The van der Waals surface area contributed by atoms with Crippen molar-refractivity contribution in [3.63, 3.8) is 0 Å². The maximum absolute atomic E-state index is 13.6. The second kappa shape index (κ2) is 7.64. The molecular formula is C26H27NO2. The average molecular weight is 386 g/mol. The van der Waals surface area contributed by atoms with Crippen molar-refractivity contribution in [3.8, 4) is 0 Å². The van der Waals surface area contributed by atoms with Crippen LogP contribution in [0.3, 0.4) is 0 Å². The Morgan fingerprint density at radius 1 is 1.00 bits per heavy atom. The lowest BCUT2D eigenvalue weighted by Crippen LogP contribution is -2.46. The van der Waals surface area contributed by atoms with Gasteiger partial charge in [0.1, 0.15) is 0 Å². The minimum Gasteiger partial charge on any atom is -0.370 e. The number of hydrogen-bond donors (Lipinski definition) is 0. The fourth-order valence-corrected chi connectivity index (χ4v) is 5.53. The second-order valence-corrected chi connectivity index (χ2v) is 8.41. The number of hydrogen-bond acceptors (Lipinski definition) is 2. The summed E-state index contributed by atoms with van der Waals surface area (Å²) in [4.78, 5) is 15.4. The molecule has 2 heterocycles. The van der Waals surface area contributed by atoms with E-state index in [2.05, 4.69) is 54.6 Å². The first kappa shape index (κ1) is 18.4. The molecule has 0 aromatic heterocycles. The maximum Gasteiger partial charge on any atom is 0.230 e. The Bertz CT molecular complexity index is 920. The van der Waals surface area contributed by atoms with Gasteiger partial charge in [0.05, 0.1) is 5.60 Å². The second-order valence-electron chi connectivity index (χ2n) is 8.41. The van der Waals surface area contributed by atoms with Gasteiger partial charge in [-0.3, -0.25) is 4.79 Å². The molecule has 1 saturated heterocycles. The summed E-state index contributed by atoms with van der Waals surface area (Å²) in [5.74, 6) is 0.755. The van der Waals surface area contributed by atoms with Crippen molar-refractivity contribution in [1.82, 2.24) is 4.90 Å². The van der Waals surface area contributed by atoms with E-state index in [1.807, 2.05) is 35.4 Å². The summed E-state index contributed by atoms with van der Waals surface area (Å²) in [5.41, 5.74) is 2.22. The van der Waals surface area contributed by atoms with Crippen LogP contribution in [0.25, 0.3) is 0 Å². The molecule has 5 rings (SSSR count). The number of allylic oxidation sites excluding steroid dienone is 2. The van der Waals surface area contributed by atoms with Crippen molar-refractivity contribution in [1.29, 1.82) is 0 Å². The first-order valence-electron chi connectivity index (χ1n) is 10.7. The molecule has 29 heavy (non-hydrogen) atoms. The molecule has 0 spiro atoms. The van der Waals surface area contributed by atoms with Crippen LogP contribution in [0.2, 0.25) is 0 Å². The highest BCUT2D eigenvalue weighted by molar-refractivity contribution is 5.81. The number of nitrogens with zero attached hydrogens (tertiary/aromatic N) is 1. The highest BCUT2D eigenvalue weighted by atomic mass is 16.5. The summed E-state index contributed by atoms with van der Waals surface area (Å²) in [6.45, 7) is 1.44. The maximum atomic E-state index is 13.6. The number of carbonyl (C=O) groups excluding carboxylic acids is 1. The number of carbonyl (C=O) groups is 1. The molecule has 1 amide bonds. The summed E-state index contributed by atoms with van der Waals surface area (Å²) in [6.07, 6.45) is 10.7. The van der Waals surface area contributed by atoms with E-state index in [4.69, 9.17) is 4.74 Å². The molecule has 0 bridgehead atoms. The summed E-state index contributed by atoms with van der Waals surface area (Å²) in [5, 5.41) is 0. The van der Waals surface area contributed by atoms with Gasteiger partial charge < -0.3 is 9.64 Å². The summed E-state index contributed by atoms with van der Waals surface area (Å²) in [6, 6.07) is 21.2. The average Bonchev–Trinajstić information content (AvgIpc) is 3.24. The van der Waals surface area contributed by atoms with Crippen LogP contribution in [-0.4, -0.2) is 24.0 Å². The van der Waals surface area contributed by atoms with Crippen LogP contribution < -0.4 is 0 Å². The first-order valence-corrected chi connectivity index (χ1v) is 10.7. The lowest BCUT2D eigenvalue weighted by atomic mass is 9.61. The van der Waals surface area contributed by atoms with Crippen molar-refractivity contribution in [2.45, 2.75) is 30.8 Å². The monoisotopic (exact) mass is 385 g/mol. The van der Waals surface area contributed by atoms with Crippen LogP contribution in [0.15, 0.2) is 85.1 Å². The van der Waals surface area contributed by atoms with Gasteiger partial charge in [0, 0.05) is 25.3 Å². The predicted molar refractivity (Wildman–Crippen MR) is 114 cm³/mol. The molecular weight excluding hydrogens is 358 g/mol. The Morgan fingerprint density at radius 3 is 2.48 bits per heavy atom. The lowest BCUT2D eigenvalue weighted by Gasteiger charge is -2.46. The third-order valence-corrected chi connectivity index (χ3v) is 6.94. The molecule has 3 nitrogen and oxygen atoms in total. The van der Waals surface area contributed by atoms with Crippen molar-refractivity contribution >= 4 is 5.91 Å². The smallest absolute Gasteiger partial charge is 0.230 e. The van der Waals surface area contributed by atoms with Crippen LogP contribution in [0.5, 0.6) is 0 Å². The number of fused-ring (bicyclic) bond motifs is 1. The third kappa shape index (κ3) is 3.24. The van der Waals surface area contributed by atoms with Crippen molar-refractivity contribution in [3.05, 3.63) is 96.2 Å². The topological polar surface area (TPSA) is 29.5 Å². The molecule has 4 unspecified atom stereocenters. The third-order valence-electron chi connectivity index (χ3n) is 6.94. The van der Waals surface area contributed by atoms with Crippen LogP contribution in [0.1, 0.15) is 36.3 Å². The normalized spacial score (nSPS) is 30.9. The number of ether oxygens (including phenoxy) is 1. The highest BCUT2D eigenvalue weighted by Crippen LogP contribution is 2.56. The number of benzene rings is 2. The first-order chi connectivity index (χ1) is 14.3. The fourth-order valence-electron chi connectivity index (χ4n) is 5.53. The SMILES string of the molecule is O=C(C1CC2CCOC2(c2ccccc2)CC1c1ccccc1)N1C=CC=CC1. The molecule has 1 saturated carbocycles. The van der Waals surface area contributed by atoms with Gasteiger partial charge in [-0.05, 0) is 48.3 Å². The zero-order chi connectivity index (χ0) is 19.7. The van der Waals surface area contributed by atoms with E-state index in [0.29, 0.717) is 12.5 Å². The minimum atomic E-state index is -0.282. The van der Waals surface area contributed by atoms with Crippen molar-refractivity contribution in [2.75, 3.05) is 13.2 Å². The zero-order valence-corrected chi connectivity index (χ0v) is 16.6. The summed E-state index contributed by atoms with van der Waals surface area (Å²) in [7, 11) is 0. The quantitative estimate of drug-likeness (QED) is 0.742. The fraction of sp³-hybridized carbons (Fsp3) is 0.346. The molecule has 0 N–H and O–H groups in total. The standard InChI is InChI=1S/C26H27NO2/c28-25(27-15-8-3-9-16-27)23-18-22-14-17-29-26(22,21-12-6-2-7-13-21)19-24(23)20-10-4-1-5-11-20/h1-13,15,22-24H,14,16-19H2. The summed E-state index contributed by atoms with van der Waals surface area (Å²) < 4.78 is 6.51. The highest BCUT2D eigenvalue weighted by Gasteiger charge is 2.54. The Labute approximate surface area is 172 Å². The molecule has 4 atom stereocenters. The van der Waals surface area contributed by atoms with Crippen LogP contribution in [0, 0.1) is 11.8 Å².